The van der Waals surface area contributed by atoms with Gasteiger partial charge in [0.1, 0.15) is 0 Å². The van der Waals surface area contributed by atoms with Gasteiger partial charge in [-0.3, -0.25) is 33.6 Å². The highest BCUT2D eigenvalue weighted by molar-refractivity contribution is 6.02. The molecule has 0 saturated heterocycles. The molecule has 4 aliphatic heterocycles. The molecule has 0 fully saturated rings. The van der Waals surface area contributed by atoms with E-state index in [-0.39, 0.29) is 125 Å². The van der Waals surface area contributed by atoms with Gasteiger partial charge in [0.15, 0.2) is 103 Å². The molecule has 144 heavy (non-hydrogen) atoms. The summed E-state index contributed by atoms with van der Waals surface area (Å²) in [4.78, 5) is 112. The number of phenols is 5. The number of aryl methyl sites for hydroxylation is 3. The quantitative estimate of drug-likeness (QED) is 0.0143. The van der Waals surface area contributed by atoms with Crippen LogP contribution in [0.25, 0.3) is 64.6 Å². The van der Waals surface area contributed by atoms with Crippen LogP contribution >= 0.6 is 0 Å². The van der Waals surface area contributed by atoms with Crippen LogP contribution in [-0.4, -0.2) is 146 Å². The highest BCUT2D eigenvalue weighted by atomic mass is 16.9. The van der Waals surface area contributed by atoms with E-state index in [0.717, 1.165) is 37.3 Å². The Morgan fingerprint density at radius 2 is 0.806 bits per heavy atom. The second kappa shape index (κ2) is 46.7. The topological polar surface area (TPSA) is 480 Å². The first-order valence-corrected chi connectivity index (χ1v) is 46.4. The van der Waals surface area contributed by atoms with Crippen molar-refractivity contribution < 1.29 is 145 Å². The third-order valence-corrected chi connectivity index (χ3v) is 22.3. The zero-order chi connectivity index (χ0) is 105. The van der Waals surface area contributed by atoms with Crippen LogP contribution in [-0.2, 0) is 46.1 Å². The van der Waals surface area contributed by atoms with E-state index in [9.17, 15) is 78.9 Å². The summed E-state index contributed by atoms with van der Waals surface area (Å²) in [6.07, 6.45) is 6.19. The van der Waals surface area contributed by atoms with Gasteiger partial charge in [-0.05, 0) is 190 Å². The van der Waals surface area contributed by atoms with Gasteiger partial charge in [-0.1, -0.05) is 114 Å². The van der Waals surface area contributed by atoms with Crippen molar-refractivity contribution >= 4 is 82.5 Å². The van der Waals surface area contributed by atoms with Gasteiger partial charge in [-0.2, -0.15) is 0 Å². The van der Waals surface area contributed by atoms with Gasteiger partial charge in [-0.15, -0.1) is 0 Å². The molecule has 0 radical (unpaired) electrons. The molecule has 0 spiro atoms. The average Bonchev–Trinajstić information content (AvgIpc) is 1.56. The molecule has 0 amide bonds. The summed E-state index contributed by atoms with van der Waals surface area (Å²) >= 11 is 0. The molecule has 4 heterocycles. The third kappa shape index (κ3) is 23.7. The van der Waals surface area contributed by atoms with Gasteiger partial charge in [-0.25, -0.2) is 9.59 Å². The Balaban J connectivity index is 0.000000166. The van der Waals surface area contributed by atoms with Crippen molar-refractivity contribution in [1.29, 1.82) is 0 Å². The second-order valence-corrected chi connectivity index (χ2v) is 33.2. The Morgan fingerprint density at radius 1 is 0.354 bits per heavy atom. The van der Waals surface area contributed by atoms with E-state index in [4.69, 9.17) is 94.7 Å². The van der Waals surface area contributed by atoms with Crippen LogP contribution in [0.2, 0.25) is 0 Å². The molecule has 0 aromatic heterocycles. The zero-order valence-electron chi connectivity index (χ0n) is 83.3. The van der Waals surface area contributed by atoms with Crippen LogP contribution in [0.3, 0.4) is 0 Å². The van der Waals surface area contributed by atoms with Gasteiger partial charge >= 0.3 is 41.8 Å². The molecule has 4 unspecified atom stereocenters. The molecule has 764 valence electrons. The SMILES string of the molecule is C=C(C)Oc1cccc2cc(O)c(O)c(O)c2c1=O.CCCCc1ccc2c(CCCC)c3c(c(O)c2c(=O)c1O)OC(C)(OCC)O3.CCCOC(=O)c1cc(O)c(=O)c2c3c(ccc2c1)OC(C)(OCC)O3.CCCOC(=O)c1cc(OC(C)=O)c(=O)c2c3c(ccc2c1)OC(C)(OCC)O3.CCOC1(C)Oc2cc3cccc(C)c(=O)c3c(O)c2O1.COc1cc2cccc(OC)c(=O)c2c(OC)c1OC. The average molecular weight is 1990 g/mol. The highest BCUT2D eigenvalue weighted by Gasteiger charge is 2.46. The highest BCUT2D eigenvalue weighted by Crippen LogP contribution is 2.55. The zero-order valence-corrected chi connectivity index (χ0v) is 83.3. The number of hydrogen-bond donors (Lipinski definition) is 7. The van der Waals surface area contributed by atoms with Crippen LogP contribution in [0.15, 0.2) is 175 Å². The smallest absolute Gasteiger partial charge is 0.369 e. The molecule has 12 aromatic carbocycles. The lowest BCUT2D eigenvalue weighted by Gasteiger charge is -2.21. The van der Waals surface area contributed by atoms with Crippen LogP contribution in [0.1, 0.15) is 173 Å². The number of aromatic hydroxyl groups is 7. The van der Waals surface area contributed by atoms with Crippen molar-refractivity contribution in [3.05, 3.63) is 235 Å². The molecule has 4 atom stereocenters. The molecule has 0 saturated carbocycles. The van der Waals surface area contributed by atoms with E-state index in [0.29, 0.717) is 142 Å². The number of carbonyl (C=O) groups excluding carboxylic acids is 3. The number of unbranched alkanes of at least 4 members (excludes halogenated alkanes) is 2. The summed E-state index contributed by atoms with van der Waals surface area (Å²) in [6, 6.07) is 34.8. The van der Waals surface area contributed by atoms with E-state index in [2.05, 4.69) is 20.4 Å². The fraction of sp³-hybridized carbons (Fsp3) is 0.343. The predicted octanol–water partition coefficient (Wildman–Crippen LogP) is 18.1. The summed E-state index contributed by atoms with van der Waals surface area (Å²) in [7, 11) is 5.97. The number of allylic oxidation sites excluding steroid dienone is 1. The summed E-state index contributed by atoms with van der Waals surface area (Å²) in [5.74, 6) is -7.30. The predicted molar refractivity (Wildman–Crippen MR) is 534 cm³/mol. The number of ether oxygens (including phenoxy) is 20. The van der Waals surface area contributed by atoms with Crippen molar-refractivity contribution in [3.63, 3.8) is 0 Å². The summed E-state index contributed by atoms with van der Waals surface area (Å²) < 4.78 is 109. The lowest BCUT2D eigenvalue weighted by molar-refractivity contribution is -0.267. The first-order valence-electron chi connectivity index (χ1n) is 46.4. The van der Waals surface area contributed by atoms with Crippen molar-refractivity contribution in [1.82, 2.24) is 0 Å². The Hall–Kier alpha value is -15.8. The van der Waals surface area contributed by atoms with E-state index in [1.54, 1.807) is 140 Å². The van der Waals surface area contributed by atoms with Crippen molar-refractivity contribution in [3.8, 4) is 121 Å². The molecular formula is C108H116O36. The van der Waals surface area contributed by atoms with Crippen LogP contribution in [0.5, 0.6) is 121 Å². The maximum absolute atomic E-state index is 13.2. The largest absolute Gasteiger partial charge is 0.504 e. The molecule has 36 heteroatoms. The number of fused-ring (bicyclic) bond motifs is 12. The maximum atomic E-state index is 13.2. The molecule has 16 rings (SSSR count). The molecule has 7 N–H and O–H groups in total. The first kappa shape index (κ1) is 109. The standard InChI is InChI=1S/C23H30O6.C21H22O8.C19H20O7.C16H16O5.C15H16O5.C14H12O5/c1-5-8-10-14-12-13-15-16(11-9-6-2)21-22(29-23(4,28-21)27-7-3)20(26)17(15)19(25)18(14)24;1-5-9-25-20(24)14-10-13-7-8-15-19(29-21(4,28-15)26-6-2)17(13)18(23)16(11-14)27-12(3)22;1-4-8-23-18(22)12-9-11-6-7-14-17(15(11)16(21)13(20)10-12)26-19(3,25-14)24-5-2;1-4-19-16(3)20-11-8-10-7-5-6-9(2)13(17)12(10)14(18)15(11)21-16;1-17-10-7-5-6-9-8-11(18-2)14(19-3)15(20-4)12(9)13(10)16;1-7(2)19-10-5-3-4-8-6-9(15)12(16)14(18)11(8)13(10)17/h12-13,26H,5-11H2,1-4H3,(H,24,25);7-8,10-11H,5-6,9H2,1-4H3;6-7,9-10H,4-5,8H2,1-3H3,(H,20,21);5-8,18H,4H2,1-3H3;5-8H,1-4H3;3-6,15-16,18H,1H2,2H3. The first-order chi connectivity index (χ1) is 68.6. The number of rotatable bonds is 27. The minimum absolute atomic E-state index is 0.0251. The summed E-state index contributed by atoms with van der Waals surface area (Å²) in [5, 5.41) is 74.5. The number of methoxy groups -OCH3 is 4. The van der Waals surface area contributed by atoms with Gasteiger partial charge in [0.05, 0.1) is 117 Å². The summed E-state index contributed by atoms with van der Waals surface area (Å²) in [6.45, 7) is 31.4. The lowest BCUT2D eigenvalue weighted by Crippen LogP contribution is -2.38. The molecule has 4 aliphatic rings. The fourth-order valence-corrected chi connectivity index (χ4v) is 15.9. The number of benzene rings is 6. The Labute approximate surface area is 826 Å². The normalized spacial score (nSPS) is 16.0. The van der Waals surface area contributed by atoms with E-state index < -0.39 is 86.5 Å². The third-order valence-electron chi connectivity index (χ3n) is 22.3. The van der Waals surface area contributed by atoms with Crippen molar-refractivity contribution in [2.45, 2.75) is 179 Å². The van der Waals surface area contributed by atoms with Gasteiger partial charge in [0.2, 0.25) is 50.1 Å². The molecule has 0 bridgehead atoms. The number of hydrogen-bond acceptors (Lipinski definition) is 36. The second-order valence-electron chi connectivity index (χ2n) is 33.2. The molecular weight excluding hydrogens is 1870 g/mol. The van der Waals surface area contributed by atoms with Crippen molar-refractivity contribution in [2.24, 2.45) is 0 Å². The number of esters is 3. The van der Waals surface area contributed by atoms with Gasteiger partial charge in [0.25, 0.3) is 0 Å². The minimum atomic E-state index is -1.39. The van der Waals surface area contributed by atoms with Crippen LogP contribution in [0.4, 0.5) is 0 Å². The molecule has 12 aromatic rings. The van der Waals surface area contributed by atoms with E-state index >= 15 is 0 Å². The van der Waals surface area contributed by atoms with E-state index in [1.165, 1.54) is 77.8 Å². The van der Waals surface area contributed by atoms with Crippen LogP contribution in [0, 0.1) is 6.92 Å². The van der Waals surface area contributed by atoms with E-state index in [1.807, 2.05) is 27.7 Å². The number of phenolic OH excluding ortho intramolecular Hbond substituents is 5. The summed E-state index contributed by atoms with van der Waals surface area (Å²) in [5.41, 5.74) is -0.911. The molecule has 36 nitrogen and oxygen atoms in total. The van der Waals surface area contributed by atoms with Crippen LogP contribution < -0.4 is 98.9 Å². The van der Waals surface area contributed by atoms with Gasteiger partial charge < -0.3 is 130 Å². The Morgan fingerprint density at radius 3 is 1.33 bits per heavy atom. The minimum Gasteiger partial charge on any atom is -0.504 e. The van der Waals surface area contributed by atoms with Crippen molar-refractivity contribution in [2.75, 3.05) is 68.1 Å². The number of carbonyl (C=O) groups is 3. The Kier molecular flexibility index (Phi) is 35.3. The lowest BCUT2D eigenvalue weighted by atomic mass is 9.99. The monoisotopic (exact) mass is 1990 g/mol. The molecule has 0 aliphatic carbocycles. The van der Waals surface area contributed by atoms with Gasteiger partial charge in [0, 0.05) is 40.2 Å². The maximum Gasteiger partial charge on any atom is 0.369 e. The Bertz CT molecular complexity index is 7350. The fourth-order valence-electron chi connectivity index (χ4n) is 15.9.